The number of aryl methyl sites for hydroxylation is 1. The number of nitrogens with zero attached hydrogens (tertiary/aromatic N) is 3. The fourth-order valence-electron chi connectivity index (χ4n) is 2.40. The number of rotatable bonds is 7. The Morgan fingerprint density at radius 1 is 1.07 bits per heavy atom. The number of carbonyl (C=O) groups is 2. The molecule has 2 aromatic carbocycles. The van der Waals surface area contributed by atoms with Crippen molar-refractivity contribution in [3.05, 3.63) is 66.0 Å². The number of benzene rings is 2. The van der Waals surface area contributed by atoms with E-state index in [1.807, 2.05) is 6.07 Å². The van der Waals surface area contributed by atoms with Gasteiger partial charge in [0.15, 0.2) is 12.3 Å². The van der Waals surface area contributed by atoms with E-state index in [0.29, 0.717) is 11.4 Å². The number of halogens is 2. The van der Waals surface area contributed by atoms with E-state index < -0.39 is 25.1 Å². The molecule has 0 unspecified atom stereocenters. The first-order chi connectivity index (χ1) is 13.9. The van der Waals surface area contributed by atoms with Crippen molar-refractivity contribution < 1.29 is 27.8 Å². The summed E-state index contributed by atoms with van der Waals surface area (Å²) in [5.41, 5.74) is 0.973. The number of aromatic nitrogens is 3. The maximum Gasteiger partial charge on any atom is 0.387 e. The van der Waals surface area contributed by atoms with Gasteiger partial charge in [-0.2, -0.15) is 18.7 Å². The van der Waals surface area contributed by atoms with Crippen LogP contribution in [-0.2, 0) is 9.53 Å². The molecule has 3 rings (SSSR count). The van der Waals surface area contributed by atoms with Crippen LogP contribution in [0.1, 0.15) is 16.2 Å². The molecule has 0 aliphatic carbocycles. The molecule has 1 N–H and O–H groups in total. The predicted octanol–water partition coefficient (Wildman–Crippen LogP) is 2.97. The summed E-state index contributed by atoms with van der Waals surface area (Å²) in [5, 5.41) is 10.6. The Bertz CT molecular complexity index is 1010. The number of esters is 1. The zero-order chi connectivity index (χ0) is 20.8. The van der Waals surface area contributed by atoms with Crippen molar-refractivity contribution in [2.45, 2.75) is 13.5 Å². The van der Waals surface area contributed by atoms with E-state index in [-0.39, 0.29) is 17.1 Å². The number of para-hydroxylation sites is 3. The fourth-order valence-corrected chi connectivity index (χ4v) is 2.40. The van der Waals surface area contributed by atoms with Crippen molar-refractivity contribution >= 4 is 17.6 Å². The minimum absolute atomic E-state index is 0.0278. The van der Waals surface area contributed by atoms with Crippen LogP contribution in [0.4, 0.5) is 14.5 Å². The Kier molecular flexibility index (Phi) is 6.12. The summed E-state index contributed by atoms with van der Waals surface area (Å²) in [7, 11) is 0. The topological polar surface area (TPSA) is 95.3 Å². The minimum Gasteiger partial charge on any atom is -0.451 e. The highest BCUT2D eigenvalue weighted by Gasteiger charge is 2.19. The van der Waals surface area contributed by atoms with E-state index in [0.717, 1.165) is 0 Å². The number of hydrogen-bond acceptors (Lipinski definition) is 6. The number of amides is 1. The molecule has 3 aromatic rings. The molecular weight excluding hydrogens is 386 g/mol. The number of alkyl halides is 2. The summed E-state index contributed by atoms with van der Waals surface area (Å²) in [4.78, 5) is 25.5. The van der Waals surface area contributed by atoms with Crippen molar-refractivity contribution in [2.75, 3.05) is 11.9 Å². The van der Waals surface area contributed by atoms with E-state index in [2.05, 4.69) is 20.3 Å². The van der Waals surface area contributed by atoms with E-state index in [4.69, 9.17) is 4.74 Å². The summed E-state index contributed by atoms with van der Waals surface area (Å²) >= 11 is 0. The third kappa shape index (κ3) is 5.12. The van der Waals surface area contributed by atoms with Gasteiger partial charge in [0.2, 0.25) is 0 Å². The lowest BCUT2D eigenvalue weighted by molar-refractivity contribution is -0.119. The molecule has 0 aliphatic rings. The van der Waals surface area contributed by atoms with Crippen LogP contribution in [0.3, 0.4) is 0 Å². The molecule has 1 heterocycles. The van der Waals surface area contributed by atoms with Crippen LogP contribution in [0.15, 0.2) is 54.6 Å². The van der Waals surface area contributed by atoms with Crippen molar-refractivity contribution in [2.24, 2.45) is 0 Å². The molecule has 29 heavy (non-hydrogen) atoms. The standard InChI is InChI=1S/C19H16F2N4O4/c1-12-17(24-25(23-12)13-7-3-2-4-8-13)18(27)28-11-16(26)22-14-9-5-6-10-15(14)29-19(20)21/h2-10,19H,11H2,1H3,(H,22,26). The second-order valence-corrected chi connectivity index (χ2v) is 5.76. The van der Waals surface area contributed by atoms with E-state index >= 15 is 0 Å². The Balaban J connectivity index is 1.61. The second-order valence-electron chi connectivity index (χ2n) is 5.76. The number of nitrogens with one attached hydrogen (secondary N) is 1. The third-order valence-electron chi connectivity index (χ3n) is 3.67. The third-order valence-corrected chi connectivity index (χ3v) is 3.67. The summed E-state index contributed by atoms with van der Waals surface area (Å²) in [6.07, 6.45) is 0. The molecule has 0 aliphatic heterocycles. The molecule has 1 aromatic heterocycles. The van der Waals surface area contributed by atoms with Crippen LogP contribution in [0.5, 0.6) is 5.75 Å². The van der Waals surface area contributed by atoms with Gasteiger partial charge in [0.25, 0.3) is 5.91 Å². The molecule has 0 saturated carbocycles. The second kappa shape index (κ2) is 8.91. The summed E-state index contributed by atoms with van der Waals surface area (Å²) < 4.78 is 34.1. The van der Waals surface area contributed by atoms with Crippen LogP contribution < -0.4 is 10.1 Å². The zero-order valence-electron chi connectivity index (χ0n) is 15.2. The first-order valence-electron chi connectivity index (χ1n) is 8.44. The molecule has 10 heteroatoms. The van der Waals surface area contributed by atoms with Gasteiger partial charge in [-0.1, -0.05) is 30.3 Å². The minimum atomic E-state index is -3.04. The van der Waals surface area contributed by atoms with Crippen LogP contribution in [0.25, 0.3) is 5.69 Å². The molecule has 0 saturated heterocycles. The van der Waals surface area contributed by atoms with E-state index in [1.165, 1.54) is 29.1 Å². The summed E-state index contributed by atoms with van der Waals surface area (Å²) in [5.74, 6) is -1.77. The van der Waals surface area contributed by atoms with Crippen molar-refractivity contribution in [1.29, 1.82) is 0 Å². The quantitative estimate of drug-likeness (QED) is 0.611. The molecule has 1 amide bonds. The van der Waals surface area contributed by atoms with Gasteiger partial charge < -0.3 is 14.8 Å². The van der Waals surface area contributed by atoms with Crippen LogP contribution in [-0.4, -0.2) is 40.1 Å². The number of anilines is 1. The number of ether oxygens (including phenoxy) is 2. The Hall–Kier alpha value is -3.82. The lowest BCUT2D eigenvalue weighted by Gasteiger charge is -2.11. The lowest BCUT2D eigenvalue weighted by atomic mass is 10.3. The van der Waals surface area contributed by atoms with Gasteiger partial charge in [-0.3, -0.25) is 4.79 Å². The summed E-state index contributed by atoms with van der Waals surface area (Å²) in [6.45, 7) is -2.10. The van der Waals surface area contributed by atoms with Gasteiger partial charge in [0.05, 0.1) is 17.1 Å². The lowest BCUT2D eigenvalue weighted by Crippen LogP contribution is -2.22. The molecular formula is C19H16F2N4O4. The highest BCUT2D eigenvalue weighted by Crippen LogP contribution is 2.25. The van der Waals surface area contributed by atoms with Gasteiger partial charge in [-0.25, -0.2) is 4.79 Å². The predicted molar refractivity (Wildman–Crippen MR) is 98.1 cm³/mol. The number of hydrogen-bond donors (Lipinski definition) is 1. The maximum atomic E-state index is 12.4. The van der Waals surface area contributed by atoms with Gasteiger partial charge in [0.1, 0.15) is 5.75 Å². The van der Waals surface area contributed by atoms with Gasteiger partial charge in [-0.15, -0.1) is 5.10 Å². The van der Waals surface area contributed by atoms with Crippen LogP contribution in [0, 0.1) is 6.92 Å². The van der Waals surface area contributed by atoms with Gasteiger partial charge in [-0.05, 0) is 31.2 Å². The van der Waals surface area contributed by atoms with Crippen LogP contribution in [0.2, 0.25) is 0 Å². The van der Waals surface area contributed by atoms with E-state index in [1.54, 1.807) is 31.2 Å². The average molecular weight is 402 g/mol. The van der Waals surface area contributed by atoms with Crippen molar-refractivity contribution in [1.82, 2.24) is 15.0 Å². The zero-order valence-corrected chi connectivity index (χ0v) is 15.2. The summed E-state index contributed by atoms with van der Waals surface area (Å²) in [6, 6.07) is 14.6. The molecule has 8 nitrogen and oxygen atoms in total. The van der Waals surface area contributed by atoms with Gasteiger partial charge >= 0.3 is 12.6 Å². The fraction of sp³-hybridized carbons (Fsp3) is 0.158. The highest BCUT2D eigenvalue weighted by molar-refractivity contribution is 5.96. The first kappa shape index (κ1) is 19.9. The smallest absolute Gasteiger partial charge is 0.387 e. The largest absolute Gasteiger partial charge is 0.451 e. The van der Waals surface area contributed by atoms with E-state index in [9.17, 15) is 18.4 Å². The Morgan fingerprint density at radius 2 is 1.76 bits per heavy atom. The van der Waals surface area contributed by atoms with Crippen molar-refractivity contribution in [3.8, 4) is 11.4 Å². The van der Waals surface area contributed by atoms with Crippen molar-refractivity contribution in [3.63, 3.8) is 0 Å². The molecule has 0 spiro atoms. The van der Waals surface area contributed by atoms with Crippen LogP contribution >= 0.6 is 0 Å². The average Bonchev–Trinajstić information content (AvgIpc) is 3.10. The molecule has 0 radical (unpaired) electrons. The Morgan fingerprint density at radius 3 is 2.48 bits per heavy atom. The maximum absolute atomic E-state index is 12.4. The molecule has 0 bridgehead atoms. The SMILES string of the molecule is Cc1nn(-c2ccccc2)nc1C(=O)OCC(=O)Nc1ccccc1OC(F)F. The molecule has 0 fully saturated rings. The molecule has 150 valence electrons. The van der Waals surface area contributed by atoms with Gasteiger partial charge in [0, 0.05) is 0 Å². The highest BCUT2D eigenvalue weighted by atomic mass is 19.3. The monoisotopic (exact) mass is 402 g/mol. The first-order valence-corrected chi connectivity index (χ1v) is 8.44. The number of carbonyl (C=O) groups excluding carboxylic acids is 2. The molecule has 0 atom stereocenters. The Labute approximate surface area is 164 Å². The normalized spacial score (nSPS) is 10.6.